The molecule has 3 N–H and O–H groups in total. The Morgan fingerprint density at radius 2 is 1.64 bits per heavy atom. The van der Waals surface area contributed by atoms with E-state index in [2.05, 4.69) is 22.2 Å². The zero-order valence-electron chi connectivity index (χ0n) is 28.2. The molecule has 10 heteroatoms. The maximum atomic E-state index is 13.2. The van der Waals surface area contributed by atoms with Gasteiger partial charge in [-0.3, -0.25) is 4.72 Å². The molecule has 0 fully saturated rings. The molecule has 0 radical (unpaired) electrons. The monoisotopic (exact) mass is 692 g/mol. The van der Waals surface area contributed by atoms with Gasteiger partial charge in [-0.1, -0.05) is 60.7 Å². The highest BCUT2D eigenvalue weighted by Crippen LogP contribution is 2.33. The fraction of sp³-hybridized carbons (Fsp3) is 0.225. The third-order valence-electron chi connectivity index (χ3n) is 8.62. The Morgan fingerprint density at radius 3 is 2.38 bits per heavy atom. The summed E-state index contributed by atoms with van der Waals surface area (Å²) < 4.78 is 46.4. The lowest BCUT2D eigenvalue weighted by Gasteiger charge is -2.24. The van der Waals surface area contributed by atoms with Crippen molar-refractivity contribution in [1.29, 1.82) is 0 Å². The Balaban J connectivity index is 1.04. The summed E-state index contributed by atoms with van der Waals surface area (Å²) in [5.41, 5.74) is 6.77. The number of anilines is 1. The lowest BCUT2D eigenvalue weighted by atomic mass is 9.99. The summed E-state index contributed by atoms with van der Waals surface area (Å²) in [5.74, 6) is 0.904. The van der Waals surface area contributed by atoms with Gasteiger partial charge >= 0.3 is 5.97 Å². The second-order valence-corrected chi connectivity index (χ2v) is 14.1. The predicted molar refractivity (Wildman–Crippen MR) is 193 cm³/mol. The van der Waals surface area contributed by atoms with Crippen molar-refractivity contribution < 1.29 is 32.5 Å². The van der Waals surface area contributed by atoms with Crippen LogP contribution >= 0.6 is 0 Å². The Hall–Kier alpha value is -5.16. The largest absolute Gasteiger partial charge is 0.492 e. The smallest absolute Gasteiger partial charge is 0.338 e. The molecule has 4 bridgehead atoms. The summed E-state index contributed by atoms with van der Waals surface area (Å²) in [7, 11) is -3.87. The number of esters is 1. The topological polar surface area (TPSA) is 123 Å². The van der Waals surface area contributed by atoms with Crippen LogP contribution in [0.15, 0.2) is 114 Å². The predicted octanol–water partition coefficient (Wildman–Crippen LogP) is 7.11. The number of nitrogens with one attached hydrogen (secondary N) is 2. The highest BCUT2D eigenvalue weighted by atomic mass is 32.2. The molecular formula is C40H40N2O7S. The van der Waals surface area contributed by atoms with E-state index < -0.39 is 22.2 Å². The van der Waals surface area contributed by atoms with Crippen molar-refractivity contribution in [2.75, 3.05) is 17.9 Å². The van der Waals surface area contributed by atoms with Crippen molar-refractivity contribution in [1.82, 2.24) is 5.32 Å². The van der Waals surface area contributed by atoms with Crippen LogP contribution in [0.4, 0.5) is 5.69 Å². The summed E-state index contributed by atoms with van der Waals surface area (Å²) in [6.07, 6.45) is -1.02. The molecule has 9 nitrogen and oxygen atoms in total. The maximum absolute atomic E-state index is 13.2. The standard InChI is InChI=1S/C40H40N2O7S/c1-26-20-33(31-12-14-32(15-13-31)40(44)49-24-29-8-5-4-6-9-29)21-27(2)39(26)47-19-18-41-28(3)38(43)36-17-16-34-23-37(36)42-50(45,46)35-11-7-10-30(22-35)25-48-34/h4-17,20-23,28,38,41-43H,18-19,24-25H2,1-3H3/t28-,38-/m0/s1. The van der Waals surface area contributed by atoms with Crippen LogP contribution < -0.4 is 19.5 Å². The van der Waals surface area contributed by atoms with Gasteiger partial charge in [0.25, 0.3) is 10.0 Å². The SMILES string of the molecule is Cc1cc(-c2ccc(C(=O)OCc3ccccc3)cc2)cc(C)c1OCCN[C@@H](C)[C@H](O)c1ccc2cc1NS(=O)(=O)c1cccc(c1)CO2. The first-order chi connectivity index (χ1) is 24.1. The minimum atomic E-state index is -3.87. The third kappa shape index (κ3) is 8.16. The molecule has 0 aromatic heterocycles. The van der Waals surface area contributed by atoms with Gasteiger partial charge in [-0.15, -0.1) is 0 Å². The van der Waals surface area contributed by atoms with Gasteiger partial charge in [-0.25, -0.2) is 13.2 Å². The van der Waals surface area contributed by atoms with Gasteiger partial charge in [0, 0.05) is 24.2 Å². The zero-order chi connectivity index (χ0) is 35.3. The average molecular weight is 693 g/mol. The van der Waals surface area contributed by atoms with Gasteiger partial charge in [-0.2, -0.15) is 0 Å². The van der Waals surface area contributed by atoms with E-state index in [0.29, 0.717) is 30.0 Å². The fourth-order valence-electron chi connectivity index (χ4n) is 5.91. The van der Waals surface area contributed by atoms with Crippen LogP contribution in [-0.4, -0.2) is 38.7 Å². The number of benzene rings is 5. The van der Waals surface area contributed by atoms with E-state index in [-0.39, 0.29) is 29.8 Å². The normalized spacial score (nSPS) is 14.4. The van der Waals surface area contributed by atoms with Gasteiger partial charge < -0.3 is 24.6 Å². The number of aliphatic hydroxyl groups excluding tert-OH is 1. The van der Waals surface area contributed by atoms with Crippen molar-refractivity contribution >= 4 is 21.7 Å². The first-order valence-electron chi connectivity index (χ1n) is 16.4. The molecule has 6 rings (SSSR count). The van der Waals surface area contributed by atoms with Crippen molar-refractivity contribution in [3.8, 4) is 22.6 Å². The number of aliphatic hydroxyl groups is 1. The molecule has 0 spiro atoms. The van der Waals surface area contributed by atoms with E-state index in [4.69, 9.17) is 14.2 Å². The molecular weight excluding hydrogens is 653 g/mol. The van der Waals surface area contributed by atoms with Crippen molar-refractivity contribution in [2.45, 2.75) is 51.0 Å². The molecule has 0 aliphatic carbocycles. The summed E-state index contributed by atoms with van der Waals surface area (Å²) >= 11 is 0. The van der Waals surface area contributed by atoms with Crippen LogP contribution in [0.2, 0.25) is 0 Å². The first-order valence-corrected chi connectivity index (χ1v) is 17.9. The Labute approximate surface area is 292 Å². The highest BCUT2D eigenvalue weighted by molar-refractivity contribution is 7.92. The molecule has 1 aliphatic rings. The Morgan fingerprint density at radius 1 is 0.900 bits per heavy atom. The molecule has 258 valence electrons. The van der Waals surface area contributed by atoms with Gasteiger partial charge in [-0.05, 0) is 96.6 Å². The number of ether oxygens (including phenoxy) is 3. The van der Waals surface area contributed by atoms with Crippen LogP contribution in [0.5, 0.6) is 11.5 Å². The van der Waals surface area contributed by atoms with E-state index >= 15 is 0 Å². The average Bonchev–Trinajstić information content (AvgIpc) is 3.12. The molecule has 2 atom stereocenters. The number of hydrogen-bond acceptors (Lipinski definition) is 8. The Bertz CT molecular complexity index is 2060. The van der Waals surface area contributed by atoms with Gasteiger partial charge in [0.1, 0.15) is 31.3 Å². The summed E-state index contributed by atoms with van der Waals surface area (Å²) in [6.45, 7) is 7.06. The van der Waals surface area contributed by atoms with Crippen molar-refractivity contribution in [2.24, 2.45) is 0 Å². The molecule has 1 heterocycles. The van der Waals surface area contributed by atoms with Crippen LogP contribution in [0, 0.1) is 13.8 Å². The van der Waals surface area contributed by atoms with E-state index in [1.165, 1.54) is 6.07 Å². The van der Waals surface area contributed by atoms with E-state index in [0.717, 1.165) is 39.1 Å². The number of hydrogen-bond donors (Lipinski definition) is 3. The number of sulfonamides is 1. The Kier molecular flexibility index (Phi) is 10.5. The molecule has 5 aromatic carbocycles. The number of fused-ring (bicyclic) bond motifs is 4. The van der Waals surface area contributed by atoms with Crippen LogP contribution in [0.25, 0.3) is 11.1 Å². The van der Waals surface area contributed by atoms with E-state index in [1.807, 2.05) is 69.3 Å². The maximum Gasteiger partial charge on any atom is 0.338 e. The molecule has 0 saturated carbocycles. The molecule has 1 aliphatic heterocycles. The van der Waals surface area contributed by atoms with Gasteiger partial charge in [0.05, 0.1) is 22.3 Å². The molecule has 0 saturated heterocycles. The highest BCUT2D eigenvalue weighted by Gasteiger charge is 2.24. The number of rotatable bonds is 11. The fourth-order valence-corrected chi connectivity index (χ4v) is 7.06. The van der Waals surface area contributed by atoms with E-state index in [1.54, 1.807) is 42.5 Å². The van der Waals surface area contributed by atoms with Crippen LogP contribution in [0.3, 0.4) is 0 Å². The summed E-state index contributed by atoms with van der Waals surface area (Å²) in [4.78, 5) is 12.7. The van der Waals surface area contributed by atoms with Gasteiger partial charge in [0.2, 0.25) is 0 Å². The zero-order valence-corrected chi connectivity index (χ0v) is 29.0. The lowest BCUT2D eigenvalue weighted by Crippen LogP contribution is -2.35. The second-order valence-electron chi connectivity index (χ2n) is 12.4. The number of carbonyl (C=O) groups is 1. The van der Waals surface area contributed by atoms with Crippen molar-refractivity contribution in [3.63, 3.8) is 0 Å². The van der Waals surface area contributed by atoms with Crippen LogP contribution in [0.1, 0.15) is 51.2 Å². The second kappa shape index (κ2) is 15.2. The van der Waals surface area contributed by atoms with Crippen molar-refractivity contribution in [3.05, 3.63) is 143 Å². The lowest BCUT2D eigenvalue weighted by molar-refractivity contribution is 0.0472. The minimum absolute atomic E-state index is 0.128. The molecule has 0 unspecified atom stereocenters. The van der Waals surface area contributed by atoms with Gasteiger partial charge in [0.15, 0.2) is 0 Å². The molecule has 5 aromatic rings. The summed E-state index contributed by atoms with van der Waals surface area (Å²) in [5, 5.41) is 14.6. The van der Waals surface area contributed by atoms with Crippen LogP contribution in [-0.2, 0) is 28.0 Å². The molecule has 50 heavy (non-hydrogen) atoms. The third-order valence-corrected chi connectivity index (χ3v) is 9.98. The minimum Gasteiger partial charge on any atom is -0.492 e. The summed E-state index contributed by atoms with van der Waals surface area (Å²) in [6, 6.07) is 32.2. The molecule has 0 amide bonds. The number of aryl methyl sites for hydroxylation is 2. The first kappa shape index (κ1) is 34.7. The quantitative estimate of drug-likeness (QED) is 0.0989. The van der Waals surface area contributed by atoms with E-state index in [9.17, 15) is 18.3 Å². The number of carbonyl (C=O) groups excluding carboxylic acids is 1.